The van der Waals surface area contributed by atoms with E-state index in [0.29, 0.717) is 11.6 Å². The minimum Gasteiger partial charge on any atom is -0.382 e. The number of rotatable bonds is 3. The molecule has 1 unspecified atom stereocenters. The van der Waals surface area contributed by atoms with Crippen LogP contribution in [0, 0.1) is 11.7 Å². The van der Waals surface area contributed by atoms with Gasteiger partial charge in [-0.05, 0) is 36.0 Å². The first-order valence-electron chi connectivity index (χ1n) is 5.03. The Bertz CT molecular complexity index is 339. The van der Waals surface area contributed by atoms with Gasteiger partial charge in [-0.3, -0.25) is 0 Å². The molecular formula is C11H13ClFNS. The molecule has 1 heterocycles. The molecule has 0 radical (unpaired) electrons. The lowest BCUT2D eigenvalue weighted by atomic mass is 10.1. The highest BCUT2D eigenvalue weighted by Gasteiger charge is 2.15. The number of benzene rings is 1. The van der Waals surface area contributed by atoms with Crippen molar-refractivity contribution in [2.75, 3.05) is 23.4 Å². The lowest BCUT2D eigenvalue weighted by Crippen LogP contribution is -2.14. The highest BCUT2D eigenvalue weighted by Crippen LogP contribution is 2.26. The number of thioether (sulfide) groups is 1. The fourth-order valence-corrected chi connectivity index (χ4v) is 3.10. The van der Waals surface area contributed by atoms with Gasteiger partial charge in [-0.25, -0.2) is 4.39 Å². The predicted molar refractivity (Wildman–Crippen MR) is 65.3 cm³/mol. The smallest absolute Gasteiger partial charge is 0.164 e. The van der Waals surface area contributed by atoms with Gasteiger partial charge in [0.25, 0.3) is 0 Å². The normalized spacial score (nSPS) is 20.5. The van der Waals surface area contributed by atoms with Crippen molar-refractivity contribution in [3.05, 3.63) is 29.0 Å². The molecule has 0 aliphatic carbocycles. The second kappa shape index (κ2) is 5.08. The van der Waals surface area contributed by atoms with Crippen LogP contribution in [0.2, 0.25) is 5.02 Å². The Morgan fingerprint density at radius 3 is 3.13 bits per heavy atom. The third kappa shape index (κ3) is 2.79. The van der Waals surface area contributed by atoms with E-state index in [1.807, 2.05) is 11.8 Å². The predicted octanol–water partition coefficient (Wildman–Crippen LogP) is 3.64. The number of anilines is 1. The molecule has 1 nitrogen and oxygen atoms in total. The molecule has 1 N–H and O–H groups in total. The Balaban J connectivity index is 1.95. The molecule has 1 aromatic carbocycles. The van der Waals surface area contributed by atoms with Crippen molar-refractivity contribution >= 4 is 29.1 Å². The van der Waals surface area contributed by atoms with E-state index in [0.717, 1.165) is 6.54 Å². The molecule has 82 valence electrons. The molecule has 0 aromatic heterocycles. The van der Waals surface area contributed by atoms with Crippen molar-refractivity contribution in [3.8, 4) is 0 Å². The summed E-state index contributed by atoms with van der Waals surface area (Å²) >= 11 is 7.65. The van der Waals surface area contributed by atoms with Crippen LogP contribution in [-0.2, 0) is 0 Å². The van der Waals surface area contributed by atoms with E-state index < -0.39 is 0 Å². The van der Waals surface area contributed by atoms with E-state index >= 15 is 0 Å². The van der Waals surface area contributed by atoms with Gasteiger partial charge in [0.15, 0.2) is 5.82 Å². The second-order valence-electron chi connectivity index (χ2n) is 3.71. The van der Waals surface area contributed by atoms with Crippen molar-refractivity contribution in [2.24, 2.45) is 5.92 Å². The van der Waals surface area contributed by atoms with Crippen molar-refractivity contribution < 1.29 is 4.39 Å². The number of hydrogen-bond donors (Lipinski definition) is 1. The molecule has 0 amide bonds. The first-order chi connectivity index (χ1) is 7.27. The zero-order valence-corrected chi connectivity index (χ0v) is 9.87. The molecule has 1 saturated heterocycles. The van der Waals surface area contributed by atoms with Gasteiger partial charge >= 0.3 is 0 Å². The van der Waals surface area contributed by atoms with E-state index in [2.05, 4.69) is 5.32 Å². The zero-order valence-electron chi connectivity index (χ0n) is 8.30. The molecule has 4 heteroatoms. The Hall–Kier alpha value is -0.410. The standard InChI is InChI=1S/C11H13ClFNS/c12-9-2-1-3-10(11(9)13)14-6-8-4-5-15-7-8/h1-3,8,14H,4-7H2. The van der Waals surface area contributed by atoms with Gasteiger partial charge in [-0.1, -0.05) is 17.7 Å². The van der Waals surface area contributed by atoms with Crippen LogP contribution in [0.25, 0.3) is 0 Å². The van der Waals surface area contributed by atoms with Crippen LogP contribution in [0.3, 0.4) is 0 Å². The third-order valence-electron chi connectivity index (χ3n) is 2.56. The molecule has 1 fully saturated rings. The van der Waals surface area contributed by atoms with Crippen molar-refractivity contribution in [3.63, 3.8) is 0 Å². The van der Waals surface area contributed by atoms with Crippen molar-refractivity contribution in [1.82, 2.24) is 0 Å². The van der Waals surface area contributed by atoms with E-state index in [4.69, 9.17) is 11.6 Å². The highest BCUT2D eigenvalue weighted by molar-refractivity contribution is 7.99. The Morgan fingerprint density at radius 1 is 1.53 bits per heavy atom. The van der Waals surface area contributed by atoms with Crippen LogP contribution in [-0.4, -0.2) is 18.1 Å². The van der Waals surface area contributed by atoms with Crippen LogP contribution in [0.5, 0.6) is 0 Å². The zero-order chi connectivity index (χ0) is 10.7. The van der Waals surface area contributed by atoms with Gasteiger partial charge in [0.2, 0.25) is 0 Å². The minimum absolute atomic E-state index is 0.181. The molecule has 0 saturated carbocycles. The Morgan fingerprint density at radius 2 is 2.40 bits per heavy atom. The van der Waals surface area contributed by atoms with Gasteiger partial charge in [0.05, 0.1) is 10.7 Å². The Labute approximate surface area is 98.4 Å². The van der Waals surface area contributed by atoms with Crippen LogP contribution < -0.4 is 5.32 Å². The lowest BCUT2D eigenvalue weighted by Gasteiger charge is -2.12. The fraction of sp³-hybridized carbons (Fsp3) is 0.455. The minimum atomic E-state index is -0.343. The SMILES string of the molecule is Fc1c(Cl)cccc1NCC1CCSC1. The maximum absolute atomic E-state index is 13.5. The third-order valence-corrected chi connectivity index (χ3v) is 4.08. The highest BCUT2D eigenvalue weighted by atomic mass is 35.5. The summed E-state index contributed by atoms with van der Waals surface area (Å²) in [5.74, 6) is 2.72. The largest absolute Gasteiger partial charge is 0.382 e. The van der Waals surface area contributed by atoms with Crippen LogP contribution >= 0.6 is 23.4 Å². The van der Waals surface area contributed by atoms with E-state index in [9.17, 15) is 4.39 Å². The van der Waals surface area contributed by atoms with Crippen molar-refractivity contribution in [1.29, 1.82) is 0 Å². The second-order valence-corrected chi connectivity index (χ2v) is 5.27. The van der Waals surface area contributed by atoms with Gasteiger partial charge < -0.3 is 5.32 Å². The molecule has 0 spiro atoms. The molecule has 1 aliphatic rings. The van der Waals surface area contributed by atoms with Gasteiger partial charge in [0, 0.05) is 6.54 Å². The number of hydrogen-bond acceptors (Lipinski definition) is 2. The fourth-order valence-electron chi connectivity index (χ4n) is 1.64. The molecule has 0 bridgehead atoms. The van der Waals surface area contributed by atoms with E-state index in [1.54, 1.807) is 18.2 Å². The van der Waals surface area contributed by atoms with Gasteiger partial charge in [0.1, 0.15) is 0 Å². The van der Waals surface area contributed by atoms with Crippen molar-refractivity contribution in [2.45, 2.75) is 6.42 Å². The summed E-state index contributed by atoms with van der Waals surface area (Å²) in [6.45, 7) is 0.838. The van der Waals surface area contributed by atoms with E-state index in [1.165, 1.54) is 17.9 Å². The molecular weight excluding hydrogens is 233 g/mol. The van der Waals surface area contributed by atoms with Crippen LogP contribution in [0.1, 0.15) is 6.42 Å². The first kappa shape index (κ1) is 11.1. The lowest BCUT2D eigenvalue weighted by molar-refractivity contribution is 0.611. The molecule has 1 aromatic rings. The summed E-state index contributed by atoms with van der Waals surface area (Å²) < 4.78 is 13.5. The van der Waals surface area contributed by atoms with Crippen LogP contribution in [0.15, 0.2) is 18.2 Å². The average molecular weight is 246 g/mol. The maximum Gasteiger partial charge on any atom is 0.164 e. The molecule has 1 atom stereocenters. The average Bonchev–Trinajstić information content (AvgIpc) is 2.73. The number of nitrogens with one attached hydrogen (secondary N) is 1. The summed E-state index contributed by atoms with van der Waals surface area (Å²) in [5.41, 5.74) is 0.513. The Kier molecular flexibility index (Phi) is 3.76. The monoisotopic (exact) mass is 245 g/mol. The van der Waals surface area contributed by atoms with Gasteiger partial charge in [-0.2, -0.15) is 11.8 Å². The summed E-state index contributed by atoms with van der Waals surface area (Å²) in [7, 11) is 0. The maximum atomic E-state index is 13.5. The van der Waals surface area contributed by atoms with Crippen LogP contribution in [0.4, 0.5) is 10.1 Å². The summed E-state index contributed by atoms with van der Waals surface area (Å²) in [4.78, 5) is 0. The molecule has 1 aliphatic heterocycles. The molecule has 2 rings (SSSR count). The number of halogens is 2. The summed E-state index contributed by atoms with van der Waals surface area (Å²) in [6.07, 6.45) is 1.22. The summed E-state index contributed by atoms with van der Waals surface area (Å²) in [6, 6.07) is 5.05. The topological polar surface area (TPSA) is 12.0 Å². The van der Waals surface area contributed by atoms with Gasteiger partial charge in [-0.15, -0.1) is 0 Å². The summed E-state index contributed by atoms with van der Waals surface area (Å²) in [5, 5.41) is 3.30. The quantitative estimate of drug-likeness (QED) is 0.873. The molecule has 15 heavy (non-hydrogen) atoms. The first-order valence-corrected chi connectivity index (χ1v) is 6.56. The van der Waals surface area contributed by atoms with E-state index in [-0.39, 0.29) is 10.8 Å².